The summed E-state index contributed by atoms with van der Waals surface area (Å²) in [5.41, 5.74) is 5.82. The molecule has 0 spiro atoms. The van der Waals surface area contributed by atoms with Gasteiger partial charge in [0.05, 0.1) is 10.7 Å². The molecule has 19 heavy (non-hydrogen) atoms. The molecule has 1 aromatic carbocycles. The van der Waals surface area contributed by atoms with Crippen LogP contribution in [0.25, 0.3) is 0 Å². The predicted octanol–water partition coefficient (Wildman–Crippen LogP) is 2.28. The lowest BCUT2D eigenvalue weighted by atomic mass is 10.2. The van der Waals surface area contributed by atoms with Crippen molar-refractivity contribution >= 4 is 57.6 Å². The molecule has 0 aliphatic carbocycles. The van der Waals surface area contributed by atoms with E-state index >= 15 is 0 Å². The summed E-state index contributed by atoms with van der Waals surface area (Å²) in [7, 11) is 0. The number of nitrogens with zero attached hydrogens (tertiary/aromatic N) is 1. The van der Waals surface area contributed by atoms with E-state index in [0.29, 0.717) is 15.7 Å². The van der Waals surface area contributed by atoms with Gasteiger partial charge in [0.2, 0.25) is 5.91 Å². The molecule has 3 N–H and O–H groups in total. The Labute approximate surface area is 123 Å². The summed E-state index contributed by atoms with van der Waals surface area (Å²) in [5.74, 6) is -0.741. The lowest BCUT2D eigenvalue weighted by Crippen LogP contribution is -2.21. The van der Waals surface area contributed by atoms with E-state index in [4.69, 9.17) is 28.9 Å². The fourth-order valence-corrected chi connectivity index (χ4v) is 2.65. The largest absolute Gasteiger partial charge is 0.378 e. The average Bonchev–Trinajstić information content (AvgIpc) is 2.62. The van der Waals surface area contributed by atoms with Gasteiger partial charge in [0, 0.05) is 11.4 Å². The highest BCUT2D eigenvalue weighted by molar-refractivity contribution is 8.15. The Morgan fingerprint density at radius 3 is 2.84 bits per heavy atom. The first-order valence-electron chi connectivity index (χ1n) is 5.25. The minimum Gasteiger partial charge on any atom is -0.378 e. The number of carbonyl (C=O) groups excluding carboxylic acids is 2. The fourth-order valence-electron chi connectivity index (χ4n) is 1.50. The summed E-state index contributed by atoms with van der Waals surface area (Å²) in [4.78, 5) is 26.7. The smallest absolute Gasteiger partial charge is 0.262 e. The summed E-state index contributed by atoms with van der Waals surface area (Å²) in [6.07, 6.45) is -0.0173. The number of carbonyl (C=O) groups is 2. The standard InChI is InChI=1S/C11H9Cl2N3O2S/c12-5-1-2-6(13)7(3-5)15-9(17)4-8-10(18)16-11(14)19-8/h1-3,8H,4H2,(H,15,17)(H2,14,16,18)/t8-/m0/s1. The maximum Gasteiger partial charge on any atom is 0.262 e. The van der Waals surface area contributed by atoms with Crippen molar-refractivity contribution in [3.05, 3.63) is 28.2 Å². The van der Waals surface area contributed by atoms with Crippen LogP contribution in [0.3, 0.4) is 0 Å². The van der Waals surface area contributed by atoms with Crippen LogP contribution in [0.4, 0.5) is 5.69 Å². The van der Waals surface area contributed by atoms with Crippen LogP contribution < -0.4 is 11.1 Å². The number of halogens is 2. The number of rotatable bonds is 3. The molecule has 0 radical (unpaired) electrons. The Hall–Kier alpha value is -1.24. The molecule has 0 unspecified atom stereocenters. The van der Waals surface area contributed by atoms with Gasteiger partial charge in [-0.2, -0.15) is 4.99 Å². The normalized spacial score (nSPS) is 18.3. The number of hydrogen-bond donors (Lipinski definition) is 2. The quantitative estimate of drug-likeness (QED) is 0.895. The van der Waals surface area contributed by atoms with Crippen LogP contribution in [0.2, 0.25) is 10.0 Å². The SMILES string of the molecule is NC1=NC(=O)[C@H](CC(=O)Nc2cc(Cl)ccc2Cl)S1. The van der Waals surface area contributed by atoms with Crippen LogP contribution in [0.1, 0.15) is 6.42 Å². The van der Waals surface area contributed by atoms with Crippen molar-refractivity contribution in [1.29, 1.82) is 0 Å². The monoisotopic (exact) mass is 317 g/mol. The maximum absolute atomic E-state index is 11.8. The minimum absolute atomic E-state index is 0.0173. The molecule has 0 saturated heterocycles. The number of amidine groups is 1. The van der Waals surface area contributed by atoms with Gasteiger partial charge < -0.3 is 11.1 Å². The first-order valence-corrected chi connectivity index (χ1v) is 6.89. The molecule has 1 aliphatic heterocycles. The van der Waals surface area contributed by atoms with Gasteiger partial charge in [0.1, 0.15) is 5.25 Å². The van der Waals surface area contributed by atoms with Gasteiger partial charge in [0.25, 0.3) is 5.91 Å². The minimum atomic E-state index is -0.571. The molecule has 1 aliphatic rings. The summed E-state index contributed by atoms with van der Waals surface area (Å²) in [6.45, 7) is 0. The van der Waals surface area contributed by atoms with Gasteiger partial charge in [-0.05, 0) is 18.2 Å². The molecule has 5 nitrogen and oxygen atoms in total. The Morgan fingerprint density at radius 2 is 2.21 bits per heavy atom. The molecule has 2 rings (SSSR count). The van der Waals surface area contributed by atoms with Crippen LogP contribution in [0.5, 0.6) is 0 Å². The number of amides is 2. The molecule has 0 aromatic heterocycles. The van der Waals surface area contributed by atoms with Crippen molar-refractivity contribution in [1.82, 2.24) is 0 Å². The predicted molar refractivity (Wildman–Crippen MR) is 77.7 cm³/mol. The third-order valence-corrected chi connectivity index (χ3v) is 3.88. The van der Waals surface area contributed by atoms with E-state index in [1.165, 1.54) is 6.07 Å². The van der Waals surface area contributed by atoms with Gasteiger partial charge in [-0.25, -0.2) is 0 Å². The summed E-state index contributed by atoms with van der Waals surface area (Å²) < 4.78 is 0. The third kappa shape index (κ3) is 3.62. The average molecular weight is 318 g/mol. The number of benzene rings is 1. The summed E-state index contributed by atoms with van der Waals surface area (Å²) >= 11 is 12.8. The number of aliphatic imine (C=N–C) groups is 1. The van der Waals surface area contributed by atoms with Crippen LogP contribution in [-0.4, -0.2) is 22.2 Å². The molecule has 8 heteroatoms. The number of anilines is 1. The second-order valence-corrected chi connectivity index (χ2v) is 5.84. The van der Waals surface area contributed by atoms with Gasteiger partial charge in [-0.3, -0.25) is 9.59 Å². The molecule has 1 aromatic rings. The second kappa shape index (κ2) is 5.81. The third-order valence-electron chi connectivity index (χ3n) is 2.33. The fraction of sp³-hybridized carbons (Fsp3) is 0.182. The van der Waals surface area contributed by atoms with Crippen molar-refractivity contribution in [3.63, 3.8) is 0 Å². The molecule has 0 fully saturated rings. The van der Waals surface area contributed by atoms with Gasteiger partial charge in [-0.1, -0.05) is 35.0 Å². The molecular weight excluding hydrogens is 309 g/mol. The molecular formula is C11H9Cl2N3O2S. The van der Waals surface area contributed by atoms with E-state index in [2.05, 4.69) is 10.3 Å². The van der Waals surface area contributed by atoms with Crippen LogP contribution in [-0.2, 0) is 9.59 Å². The second-order valence-electron chi connectivity index (χ2n) is 3.77. The summed E-state index contributed by atoms with van der Waals surface area (Å²) in [5, 5.41) is 3.04. The Balaban J connectivity index is 1.99. The van der Waals surface area contributed by atoms with Crippen molar-refractivity contribution in [2.75, 3.05) is 5.32 Å². The first kappa shape index (κ1) is 14.2. The number of nitrogens with one attached hydrogen (secondary N) is 1. The van der Waals surface area contributed by atoms with Crippen molar-refractivity contribution < 1.29 is 9.59 Å². The Morgan fingerprint density at radius 1 is 1.47 bits per heavy atom. The van der Waals surface area contributed by atoms with E-state index in [9.17, 15) is 9.59 Å². The number of nitrogens with two attached hydrogens (primary N) is 1. The molecule has 1 heterocycles. The van der Waals surface area contributed by atoms with E-state index in [0.717, 1.165) is 11.8 Å². The van der Waals surface area contributed by atoms with Gasteiger partial charge in [0.15, 0.2) is 5.17 Å². The molecule has 2 amide bonds. The van der Waals surface area contributed by atoms with Crippen LogP contribution in [0, 0.1) is 0 Å². The highest BCUT2D eigenvalue weighted by atomic mass is 35.5. The molecule has 0 saturated carbocycles. The van der Waals surface area contributed by atoms with E-state index in [1.807, 2.05) is 0 Å². The number of thioether (sulfide) groups is 1. The maximum atomic E-state index is 11.8. The first-order chi connectivity index (χ1) is 8.95. The zero-order valence-corrected chi connectivity index (χ0v) is 11.9. The number of hydrogen-bond acceptors (Lipinski definition) is 4. The highest BCUT2D eigenvalue weighted by Crippen LogP contribution is 2.27. The topological polar surface area (TPSA) is 84.5 Å². The van der Waals surface area contributed by atoms with Crippen molar-refractivity contribution in [2.24, 2.45) is 10.7 Å². The molecule has 1 atom stereocenters. The summed E-state index contributed by atoms with van der Waals surface area (Å²) in [6, 6.07) is 4.73. The Bertz CT molecular complexity index is 577. The van der Waals surface area contributed by atoms with E-state index < -0.39 is 11.2 Å². The van der Waals surface area contributed by atoms with Crippen molar-refractivity contribution in [2.45, 2.75) is 11.7 Å². The van der Waals surface area contributed by atoms with Gasteiger partial charge in [-0.15, -0.1) is 0 Å². The lowest BCUT2D eigenvalue weighted by Gasteiger charge is -2.09. The van der Waals surface area contributed by atoms with Gasteiger partial charge >= 0.3 is 0 Å². The Kier molecular flexibility index (Phi) is 4.34. The molecule has 0 bridgehead atoms. The highest BCUT2D eigenvalue weighted by Gasteiger charge is 2.29. The zero-order chi connectivity index (χ0) is 14.0. The van der Waals surface area contributed by atoms with E-state index in [1.54, 1.807) is 12.1 Å². The van der Waals surface area contributed by atoms with E-state index in [-0.39, 0.29) is 17.5 Å². The zero-order valence-electron chi connectivity index (χ0n) is 9.52. The van der Waals surface area contributed by atoms with Crippen LogP contribution in [0.15, 0.2) is 23.2 Å². The van der Waals surface area contributed by atoms with Crippen LogP contribution >= 0.6 is 35.0 Å². The van der Waals surface area contributed by atoms with Crippen molar-refractivity contribution in [3.8, 4) is 0 Å². The lowest BCUT2D eigenvalue weighted by molar-refractivity contribution is -0.121. The molecule has 100 valence electrons.